The zero-order valence-corrected chi connectivity index (χ0v) is 10.8. The Bertz CT molecular complexity index is 376. The van der Waals surface area contributed by atoms with Crippen molar-refractivity contribution in [2.45, 2.75) is 6.29 Å². The van der Waals surface area contributed by atoms with E-state index in [0.717, 1.165) is 0 Å². The first kappa shape index (κ1) is 14.2. The van der Waals surface area contributed by atoms with E-state index in [1.807, 2.05) is 0 Å². The molecule has 0 N–H and O–H groups in total. The van der Waals surface area contributed by atoms with Crippen LogP contribution in [-0.4, -0.2) is 38.1 Å². The van der Waals surface area contributed by atoms with Crippen LogP contribution in [0.3, 0.4) is 0 Å². The second-order valence-corrected chi connectivity index (χ2v) is 3.78. The van der Waals surface area contributed by atoms with Gasteiger partial charge in [0.2, 0.25) is 0 Å². The van der Waals surface area contributed by atoms with Gasteiger partial charge in [-0.05, 0) is 12.1 Å². The molecule has 0 aliphatic heterocycles. The second kappa shape index (κ2) is 6.76. The molecule has 1 rings (SSSR count). The molecule has 0 spiro atoms. The number of hydrogen-bond donors (Lipinski definition) is 0. The molecule has 0 aliphatic rings. The van der Waals surface area contributed by atoms with Crippen LogP contribution >= 0.6 is 23.2 Å². The molecule has 5 nitrogen and oxygen atoms in total. The van der Waals surface area contributed by atoms with E-state index >= 15 is 0 Å². The van der Waals surface area contributed by atoms with Crippen molar-refractivity contribution >= 4 is 29.2 Å². The van der Waals surface area contributed by atoms with Crippen LogP contribution in [0.1, 0.15) is 10.4 Å². The zero-order chi connectivity index (χ0) is 12.8. The second-order valence-electron chi connectivity index (χ2n) is 3.00. The molecule has 0 aliphatic carbocycles. The summed E-state index contributed by atoms with van der Waals surface area (Å²) in [6.07, 6.45) is -0.605. The molecular formula is C10H11Cl2NO4. The molecule has 17 heavy (non-hydrogen) atoms. The minimum absolute atomic E-state index is 0.0244. The van der Waals surface area contributed by atoms with E-state index < -0.39 is 12.3 Å². The number of methoxy groups -OCH3 is 2. The molecule has 0 amide bonds. The van der Waals surface area contributed by atoms with Crippen molar-refractivity contribution < 1.29 is 19.0 Å². The van der Waals surface area contributed by atoms with E-state index in [-0.39, 0.29) is 22.5 Å². The van der Waals surface area contributed by atoms with Gasteiger partial charge in [0.1, 0.15) is 16.9 Å². The zero-order valence-electron chi connectivity index (χ0n) is 9.28. The lowest BCUT2D eigenvalue weighted by Crippen LogP contribution is -2.22. The Kier molecular flexibility index (Phi) is 5.64. The summed E-state index contributed by atoms with van der Waals surface area (Å²) in [5.74, 6) is -0.574. The summed E-state index contributed by atoms with van der Waals surface area (Å²) in [5.41, 5.74) is 0.223. The summed E-state index contributed by atoms with van der Waals surface area (Å²) in [6.45, 7) is -0.0244. The fourth-order valence-corrected chi connectivity index (χ4v) is 1.50. The van der Waals surface area contributed by atoms with Crippen LogP contribution in [0.4, 0.5) is 0 Å². The van der Waals surface area contributed by atoms with Gasteiger partial charge >= 0.3 is 5.97 Å². The fraction of sp³-hybridized carbons (Fsp3) is 0.400. The molecule has 0 atom stereocenters. The number of carbonyl (C=O) groups excluding carboxylic acids is 1. The van der Waals surface area contributed by atoms with Gasteiger partial charge in [0, 0.05) is 14.2 Å². The van der Waals surface area contributed by atoms with Gasteiger partial charge < -0.3 is 14.2 Å². The number of ether oxygens (including phenoxy) is 3. The highest BCUT2D eigenvalue weighted by atomic mass is 35.5. The number of carbonyl (C=O) groups is 1. The number of pyridine rings is 1. The summed E-state index contributed by atoms with van der Waals surface area (Å²) < 4.78 is 14.7. The average Bonchev–Trinajstić information content (AvgIpc) is 2.28. The molecule has 94 valence electrons. The standard InChI is InChI=1S/C10H11Cl2NO4/c1-15-9(16-2)5-17-10(14)6-3-7(11)13-8(12)4-6/h3-4,9H,5H2,1-2H3. The highest BCUT2D eigenvalue weighted by Gasteiger charge is 2.13. The topological polar surface area (TPSA) is 57.7 Å². The van der Waals surface area contributed by atoms with Crippen molar-refractivity contribution in [2.75, 3.05) is 20.8 Å². The Morgan fingerprint density at radius 1 is 1.29 bits per heavy atom. The third-order valence-electron chi connectivity index (χ3n) is 1.87. The Balaban J connectivity index is 2.63. The van der Waals surface area contributed by atoms with E-state index in [2.05, 4.69) is 4.98 Å². The summed E-state index contributed by atoms with van der Waals surface area (Å²) in [6, 6.07) is 2.73. The van der Waals surface area contributed by atoms with E-state index in [1.54, 1.807) is 0 Å². The Morgan fingerprint density at radius 2 is 1.82 bits per heavy atom. The minimum atomic E-state index is -0.605. The minimum Gasteiger partial charge on any atom is -0.457 e. The first-order chi connectivity index (χ1) is 8.06. The Hall–Kier alpha value is -0.880. The van der Waals surface area contributed by atoms with Crippen molar-refractivity contribution in [2.24, 2.45) is 0 Å². The summed E-state index contributed by atoms with van der Waals surface area (Å²) in [5, 5.41) is 0.249. The van der Waals surface area contributed by atoms with E-state index in [9.17, 15) is 4.79 Å². The quantitative estimate of drug-likeness (QED) is 0.470. The van der Waals surface area contributed by atoms with E-state index in [1.165, 1.54) is 26.4 Å². The molecule has 0 saturated carbocycles. The number of halogens is 2. The van der Waals surface area contributed by atoms with Crippen LogP contribution in [-0.2, 0) is 14.2 Å². The molecule has 1 aromatic heterocycles. The lowest BCUT2D eigenvalue weighted by atomic mass is 10.3. The summed E-state index contributed by atoms with van der Waals surface area (Å²) >= 11 is 11.3. The highest BCUT2D eigenvalue weighted by Crippen LogP contribution is 2.15. The van der Waals surface area contributed by atoms with Crippen LogP contribution in [0.25, 0.3) is 0 Å². The maximum atomic E-state index is 11.6. The van der Waals surface area contributed by atoms with Gasteiger partial charge in [-0.15, -0.1) is 0 Å². The van der Waals surface area contributed by atoms with Crippen LogP contribution in [0.2, 0.25) is 10.3 Å². The van der Waals surface area contributed by atoms with Crippen molar-refractivity contribution in [3.63, 3.8) is 0 Å². The first-order valence-corrected chi connectivity index (χ1v) is 5.38. The monoisotopic (exact) mass is 279 g/mol. The van der Waals surface area contributed by atoms with Gasteiger partial charge in [0.25, 0.3) is 0 Å². The normalized spacial score (nSPS) is 10.6. The van der Waals surface area contributed by atoms with Crippen LogP contribution in [0, 0.1) is 0 Å². The van der Waals surface area contributed by atoms with E-state index in [0.29, 0.717) is 0 Å². The molecular weight excluding hydrogens is 269 g/mol. The number of hydrogen-bond acceptors (Lipinski definition) is 5. The molecule has 7 heteroatoms. The Morgan fingerprint density at radius 3 is 2.29 bits per heavy atom. The fourth-order valence-electron chi connectivity index (χ4n) is 1.04. The Labute approximate surface area is 109 Å². The average molecular weight is 280 g/mol. The van der Waals surface area contributed by atoms with Gasteiger partial charge in [-0.3, -0.25) is 0 Å². The molecule has 0 radical (unpaired) electrons. The van der Waals surface area contributed by atoms with Gasteiger partial charge in [-0.25, -0.2) is 9.78 Å². The number of rotatable bonds is 5. The third kappa shape index (κ3) is 4.47. The van der Waals surface area contributed by atoms with Gasteiger partial charge in [-0.1, -0.05) is 23.2 Å². The highest BCUT2D eigenvalue weighted by molar-refractivity contribution is 6.32. The van der Waals surface area contributed by atoms with Crippen molar-refractivity contribution in [1.29, 1.82) is 0 Å². The van der Waals surface area contributed by atoms with Crippen molar-refractivity contribution in [1.82, 2.24) is 4.98 Å². The molecule has 0 aromatic carbocycles. The maximum absolute atomic E-state index is 11.6. The van der Waals surface area contributed by atoms with Crippen molar-refractivity contribution in [3.8, 4) is 0 Å². The maximum Gasteiger partial charge on any atom is 0.338 e. The van der Waals surface area contributed by atoms with E-state index in [4.69, 9.17) is 37.4 Å². The molecule has 1 aromatic rings. The number of esters is 1. The molecule has 0 unspecified atom stereocenters. The third-order valence-corrected chi connectivity index (χ3v) is 2.26. The van der Waals surface area contributed by atoms with Crippen LogP contribution in [0.5, 0.6) is 0 Å². The molecule has 0 bridgehead atoms. The van der Waals surface area contributed by atoms with Crippen LogP contribution < -0.4 is 0 Å². The molecule has 0 fully saturated rings. The number of aromatic nitrogens is 1. The predicted octanol–water partition coefficient (Wildman–Crippen LogP) is 2.16. The molecule has 0 saturated heterocycles. The largest absolute Gasteiger partial charge is 0.457 e. The van der Waals surface area contributed by atoms with Gasteiger partial charge in [0.15, 0.2) is 6.29 Å². The van der Waals surface area contributed by atoms with Crippen molar-refractivity contribution in [3.05, 3.63) is 28.0 Å². The molecule has 1 heterocycles. The number of nitrogens with zero attached hydrogens (tertiary/aromatic N) is 1. The van der Waals surface area contributed by atoms with Gasteiger partial charge in [0.05, 0.1) is 5.56 Å². The smallest absolute Gasteiger partial charge is 0.338 e. The van der Waals surface area contributed by atoms with Crippen LogP contribution in [0.15, 0.2) is 12.1 Å². The summed E-state index contributed by atoms with van der Waals surface area (Å²) in [4.78, 5) is 15.3. The predicted molar refractivity (Wildman–Crippen MR) is 62.3 cm³/mol. The van der Waals surface area contributed by atoms with Gasteiger partial charge in [-0.2, -0.15) is 0 Å². The summed E-state index contributed by atoms with van der Waals surface area (Å²) in [7, 11) is 2.89. The lowest BCUT2D eigenvalue weighted by molar-refractivity contribution is -0.129. The SMILES string of the molecule is COC(COC(=O)c1cc(Cl)nc(Cl)c1)OC. The lowest BCUT2D eigenvalue weighted by Gasteiger charge is -2.13. The first-order valence-electron chi connectivity index (χ1n) is 4.62.